The Balaban J connectivity index is 2.22. The topological polar surface area (TPSA) is 12.9 Å². The highest BCUT2D eigenvalue weighted by Gasteiger charge is 2.17. The molecule has 1 aliphatic rings. The van der Waals surface area contributed by atoms with E-state index in [0.29, 0.717) is 0 Å². The van der Waals surface area contributed by atoms with Crippen LogP contribution in [0.1, 0.15) is 11.1 Å². The SMILES string of the molecule is c1cnc2c(c1)Cc1cccc3cccc-2c13. The zero-order valence-electron chi connectivity index (χ0n) is 9.35. The van der Waals surface area contributed by atoms with E-state index in [2.05, 4.69) is 47.4 Å². The minimum Gasteiger partial charge on any atom is -0.256 e. The van der Waals surface area contributed by atoms with Gasteiger partial charge < -0.3 is 0 Å². The van der Waals surface area contributed by atoms with Gasteiger partial charge >= 0.3 is 0 Å². The molecule has 0 amide bonds. The number of hydrogen-bond acceptors (Lipinski definition) is 1. The van der Waals surface area contributed by atoms with Crippen molar-refractivity contribution in [1.29, 1.82) is 0 Å². The normalized spacial score (nSPS) is 12.5. The number of aromatic nitrogens is 1. The van der Waals surface area contributed by atoms with Crippen LogP contribution in [0.15, 0.2) is 54.7 Å². The molecule has 0 atom stereocenters. The Morgan fingerprint density at radius 3 is 2.59 bits per heavy atom. The zero-order chi connectivity index (χ0) is 11.2. The summed E-state index contributed by atoms with van der Waals surface area (Å²) in [4.78, 5) is 4.54. The van der Waals surface area contributed by atoms with Crippen LogP contribution in [0.4, 0.5) is 0 Å². The highest BCUT2D eigenvalue weighted by atomic mass is 14.7. The predicted molar refractivity (Wildman–Crippen MR) is 70.0 cm³/mol. The van der Waals surface area contributed by atoms with Crippen molar-refractivity contribution in [2.45, 2.75) is 6.42 Å². The van der Waals surface area contributed by atoms with Gasteiger partial charge in [-0.3, -0.25) is 4.98 Å². The maximum absolute atomic E-state index is 4.54. The monoisotopic (exact) mass is 217 g/mol. The molecule has 0 saturated heterocycles. The first-order chi connectivity index (χ1) is 8.43. The third-order valence-corrected chi connectivity index (χ3v) is 3.52. The fourth-order valence-electron chi connectivity index (χ4n) is 2.79. The van der Waals surface area contributed by atoms with Gasteiger partial charge in [0.2, 0.25) is 0 Å². The zero-order valence-corrected chi connectivity index (χ0v) is 9.35. The summed E-state index contributed by atoms with van der Waals surface area (Å²) in [5, 5.41) is 2.69. The molecule has 4 rings (SSSR count). The smallest absolute Gasteiger partial charge is 0.0743 e. The summed E-state index contributed by atoms with van der Waals surface area (Å²) in [5.74, 6) is 0. The summed E-state index contributed by atoms with van der Waals surface area (Å²) in [6.45, 7) is 0. The van der Waals surface area contributed by atoms with Gasteiger partial charge in [-0.25, -0.2) is 0 Å². The Morgan fingerprint density at radius 2 is 1.65 bits per heavy atom. The van der Waals surface area contributed by atoms with E-state index in [1.54, 1.807) is 0 Å². The van der Waals surface area contributed by atoms with Crippen molar-refractivity contribution in [1.82, 2.24) is 4.98 Å². The third kappa shape index (κ3) is 1.17. The lowest BCUT2D eigenvalue weighted by atomic mass is 9.86. The summed E-state index contributed by atoms with van der Waals surface area (Å²) in [7, 11) is 0. The number of rotatable bonds is 0. The van der Waals surface area contributed by atoms with Gasteiger partial charge in [0.1, 0.15) is 0 Å². The number of fused-ring (bicyclic) bond motifs is 2. The minimum atomic E-state index is 0.998. The van der Waals surface area contributed by atoms with Crippen LogP contribution in [0.25, 0.3) is 22.0 Å². The van der Waals surface area contributed by atoms with E-state index in [1.165, 1.54) is 27.5 Å². The molecule has 3 aromatic rings. The minimum absolute atomic E-state index is 0.998. The van der Waals surface area contributed by atoms with Crippen LogP contribution in [0.3, 0.4) is 0 Å². The molecule has 0 fully saturated rings. The molecule has 0 N–H and O–H groups in total. The summed E-state index contributed by atoms with van der Waals surface area (Å²) in [6, 6.07) is 17.2. The second-order valence-corrected chi connectivity index (χ2v) is 4.51. The summed E-state index contributed by atoms with van der Waals surface area (Å²) in [5.41, 5.74) is 5.18. The van der Waals surface area contributed by atoms with Gasteiger partial charge in [0.05, 0.1) is 5.69 Å². The first-order valence-corrected chi connectivity index (χ1v) is 5.88. The van der Waals surface area contributed by atoms with Crippen LogP contribution in [0, 0.1) is 0 Å². The first kappa shape index (κ1) is 8.94. The first-order valence-electron chi connectivity index (χ1n) is 5.88. The van der Waals surface area contributed by atoms with Crippen molar-refractivity contribution in [3.8, 4) is 11.3 Å². The van der Waals surface area contributed by atoms with E-state index in [1.807, 2.05) is 12.3 Å². The van der Waals surface area contributed by atoms with Crippen LogP contribution in [-0.4, -0.2) is 4.98 Å². The maximum Gasteiger partial charge on any atom is 0.0743 e. The average Bonchev–Trinajstić information content (AvgIpc) is 2.39. The molecular formula is C16H11N. The molecule has 0 spiro atoms. The van der Waals surface area contributed by atoms with E-state index >= 15 is 0 Å². The molecular weight excluding hydrogens is 206 g/mol. The van der Waals surface area contributed by atoms with E-state index < -0.39 is 0 Å². The molecule has 17 heavy (non-hydrogen) atoms. The average molecular weight is 217 g/mol. The van der Waals surface area contributed by atoms with Gasteiger partial charge in [-0.2, -0.15) is 0 Å². The maximum atomic E-state index is 4.54. The molecule has 1 aliphatic carbocycles. The van der Waals surface area contributed by atoms with Crippen molar-refractivity contribution in [2.75, 3.05) is 0 Å². The Morgan fingerprint density at radius 1 is 0.824 bits per heavy atom. The molecule has 0 unspecified atom stereocenters. The lowest BCUT2D eigenvalue weighted by Crippen LogP contribution is -2.02. The highest BCUT2D eigenvalue weighted by molar-refractivity contribution is 6.00. The van der Waals surface area contributed by atoms with Crippen LogP contribution in [0.5, 0.6) is 0 Å². The van der Waals surface area contributed by atoms with Crippen LogP contribution in [0.2, 0.25) is 0 Å². The Labute approximate surface area is 99.7 Å². The molecule has 2 aromatic carbocycles. The quantitative estimate of drug-likeness (QED) is 0.436. The molecule has 1 nitrogen and oxygen atoms in total. The molecule has 0 bridgehead atoms. The summed E-state index contributed by atoms with van der Waals surface area (Å²) in [6.07, 6.45) is 2.88. The molecule has 0 saturated carbocycles. The largest absolute Gasteiger partial charge is 0.256 e. The Kier molecular flexibility index (Phi) is 1.67. The molecule has 0 aliphatic heterocycles. The Bertz CT molecular complexity index is 723. The predicted octanol–water partition coefficient (Wildman–Crippen LogP) is 3.81. The molecule has 1 heteroatoms. The number of nitrogens with zero attached hydrogens (tertiary/aromatic N) is 1. The standard InChI is InChI=1S/C16H11N/c1-4-11-5-2-8-14-15(11)12(6-1)10-13-7-3-9-17-16(13)14/h1-9H,10H2. The molecule has 0 radical (unpaired) electrons. The fraction of sp³-hybridized carbons (Fsp3) is 0.0625. The lowest BCUT2D eigenvalue weighted by molar-refractivity contribution is 1.15. The van der Waals surface area contributed by atoms with E-state index in [0.717, 1.165) is 12.1 Å². The number of benzene rings is 2. The van der Waals surface area contributed by atoms with Crippen LogP contribution < -0.4 is 0 Å². The van der Waals surface area contributed by atoms with Crippen molar-refractivity contribution in [3.05, 3.63) is 65.9 Å². The van der Waals surface area contributed by atoms with Gasteiger partial charge in [-0.15, -0.1) is 0 Å². The second-order valence-electron chi connectivity index (χ2n) is 4.51. The van der Waals surface area contributed by atoms with E-state index in [9.17, 15) is 0 Å². The second kappa shape index (κ2) is 3.17. The van der Waals surface area contributed by atoms with E-state index in [-0.39, 0.29) is 0 Å². The summed E-state index contributed by atoms with van der Waals surface area (Å²) >= 11 is 0. The van der Waals surface area contributed by atoms with Gasteiger partial charge in [-0.05, 0) is 28.0 Å². The van der Waals surface area contributed by atoms with Crippen molar-refractivity contribution < 1.29 is 0 Å². The molecule has 1 aromatic heterocycles. The van der Waals surface area contributed by atoms with E-state index in [4.69, 9.17) is 0 Å². The molecule has 1 heterocycles. The Hall–Kier alpha value is -2.15. The van der Waals surface area contributed by atoms with Crippen molar-refractivity contribution in [2.24, 2.45) is 0 Å². The third-order valence-electron chi connectivity index (χ3n) is 3.52. The van der Waals surface area contributed by atoms with Crippen molar-refractivity contribution in [3.63, 3.8) is 0 Å². The van der Waals surface area contributed by atoms with Gasteiger partial charge in [0.15, 0.2) is 0 Å². The molecule has 80 valence electrons. The fourth-order valence-corrected chi connectivity index (χ4v) is 2.79. The van der Waals surface area contributed by atoms with Gasteiger partial charge in [0.25, 0.3) is 0 Å². The van der Waals surface area contributed by atoms with Crippen LogP contribution >= 0.6 is 0 Å². The highest BCUT2D eigenvalue weighted by Crippen LogP contribution is 2.37. The summed E-state index contributed by atoms with van der Waals surface area (Å²) < 4.78 is 0. The lowest BCUT2D eigenvalue weighted by Gasteiger charge is -2.19. The van der Waals surface area contributed by atoms with Gasteiger partial charge in [0, 0.05) is 18.2 Å². The number of pyridine rings is 1. The van der Waals surface area contributed by atoms with Crippen molar-refractivity contribution >= 4 is 10.8 Å². The van der Waals surface area contributed by atoms with Crippen LogP contribution in [-0.2, 0) is 6.42 Å². The number of hydrogen-bond donors (Lipinski definition) is 0. The van der Waals surface area contributed by atoms with Gasteiger partial charge in [-0.1, -0.05) is 42.5 Å².